The predicted molar refractivity (Wildman–Crippen MR) is 87.6 cm³/mol. The molecule has 1 heterocycles. The molecule has 0 aliphatic heterocycles. The molecular weight excluding hydrogens is 292 g/mol. The summed E-state index contributed by atoms with van der Waals surface area (Å²) in [7, 11) is 0. The molecule has 0 radical (unpaired) electrons. The summed E-state index contributed by atoms with van der Waals surface area (Å²) in [6.07, 6.45) is -0.00970. The fourth-order valence-electron chi connectivity index (χ4n) is 2.39. The summed E-state index contributed by atoms with van der Waals surface area (Å²) in [5.74, 6) is 0.0878. The lowest BCUT2D eigenvalue weighted by molar-refractivity contribution is -0.133. The topological polar surface area (TPSA) is 72.0 Å². The molecule has 116 valence electrons. The van der Waals surface area contributed by atoms with Crippen molar-refractivity contribution in [3.8, 4) is 5.75 Å². The van der Waals surface area contributed by atoms with Gasteiger partial charge in [0.05, 0.1) is 17.5 Å². The number of H-pyrrole nitrogens is 1. The Kier molecular flexibility index (Phi) is 3.93. The van der Waals surface area contributed by atoms with Crippen LogP contribution in [-0.2, 0) is 11.2 Å². The molecule has 2 aromatic carbocycles. The zero-order chi connectivity index (χ0) is 16.4. The number of aromatic amines is 1. The monoisotopic (exact) mass is 308 g/mol. The molecule has 3 aromatic rings. The molecule has 0 unspecified atom stereocenters. The number of nitrogens with zero attached hydrogens (tertiary/aromatic N) is 1. The van der Waals surface area contributed by atoms with Crippen LogP contribution in [-0.4, -0.2) is 16.2 Å². The van der Waals surface area contributed by atoms with Gasteiger partial charge >= 0.3 is 5.97 Å². The Morgan fingerprint density at radius 2 is 1.83 bits per heavy atom. The fraction of sp³-hybridized carbons (Fsp3) is 0.167. The normalized spacial score (nSPS) is 10.7. The number of aryl methyl sites for hydroxylation is 2. The van der Waals surface area contributed by atoms with Crippen LogP contribution in [0.15, 0.2) is 47.3 Å². The molecule has 0 saturated heterocycles. The second-order valence-electron chi connectivity index (χ2n) is 5.44. The highest BCUT2D eigenvalue weighted by molar-refractivity contribution is 5.87. The van der Waals surface area contributed by atoms with Crippen LogP contribution in [0.5, 0.6) is 5.75 Å². The second-order valence-corrected chi connectivity index (χ2v) is 5.44. The van der Waals surface area contributed by atoms with Crippen molar-refractivity contribution in [2.75, 3.05) is 0 Å². The minimum atomic E-state index is -0.419. The minimum Gasteiger partial charge on any atom is -0.426 e. The first kappa shape index (κ1) is 15.0. The number of rotatable bonds is 3. The number of fused-ring (bicyclic) bond motifs is 1. The van der Waals surface area contributed by atoms with Crippen LogP contribution in [0.25, 0.3) is 10.8 Å². The molecule has 5 heteroatoms. The Bertz CT molecular complexity index is 944. The van der Waals surface area contributed by atoms with Crippen LogP contribution in [0, 0.1) is 13.8 Å². The van der Waals surface area contributed by atoms with Crippen molar-refractivity contribution in [3.05, 3.63) is 69.6 Å². The molecule has 0 fully saturated rings. The number of carbonyl (C=O) groups is 1. The summed E-state index contributed by atoms with van der Waals surface area (Å²) in [5.41, 5.74) is 2.42. The summed E-state index contributed by atoms with van der Waals surface area (Å²) >= 11 is 0. The van der Waals surface area contributed by atoms with Gasteiger partial charge in [0.1, 0.15) is 5.75 Å². The van der Waals surface area contributed by atoms with E-state index in [1.165, 1.54) is 0 Å². The minimum absolute atomic E-state index is 0.00970. The molecule has 0 amide bonds. The molecule has 0 aliphatic carbocycles. The summed E-state index contributed by atoms with van der Waals surface area (Å²) in [6.45, 7) is 3.96. The van der Waals surface area contributed by atoms with Crippen molar-refractivity contribution in [1.29, 1.82) is 0 Å². The van der Waals surface area contributed by atoms with Gasteiger partial charge in [-0.3, -0.25) is 9.59 Å². The van der Waals surface area contributed by atoms with Gasteiger partial charge in [0.15, 0.2) is 0 Å². The molecule has 0 aliphatic rings. The zero-order valence-corrected chi connectivity index (χ0v) is 12.9. The van der Waals surface area contributed by atoms with Crippen LogP contribution >= 0.6 is 0 Å². The van der Waals surface area contributed by atoms with Crippen molar-refractivity contribution in [2.45, 2.75) is 20.3 Å². The van der Waals surface area contributed by atoms with Gasteiger partial charge in [-0.15, -0.1) is 0 Å². The highest BCUT2D eigenvalue weighted by Gasteiger charge is 2.12. The largest absolute Gasteiger partial charge is 0.426 e. The van der Waals surface area contributed by atoms with E-state index in [9.17, 15) is 9.59 Å². The number of esters is 1. The number of nitrogens with one attached hydrogen (secondary N) is 1. The lowest BCUT2D eigenvalue weighted by atomic mass is 10.1. The molecular formula is C18H16N2O3. The molecule has 0 atom stereocenters. The maximum Gasteiger partial charge on any atom is 0.317 e. The third kappa shape index (κ3) is 3.13. The number of aromatic nitrogens is 2. The van der Waals surface area contributed by atoms with Crippen LogP contribution in [0.4, 0.5) is 0 Å². The predicted octanol–water partition coefficient (Wildman–Crippen LogP) is 2.69. The Balaban J connectivity index is 1.84. The number of ether oxygens (including phenoxy) is 1. The molecule has 1 N–H and O–H groups in total. The van der Waals surface area contributed by atoms with Crippen molar-refractivity contribution in [2.24, 2.45) is 0 Å². The zero-order valence-electron chi connectivity index (χ0n) is 12.9. The van der Waals surface area contributed by atoms with Crippen molar-refractivity contribution in [3.63, 3.8) is 0 Å². The highest BCUT2D eigenvalue weighted by atomic mass is 16.5. The van der Waals surface area contributed by atoms with E-state index in [-0.39, 0.29) is 12.0 Å². The van der Waals surface area contributed by atoms with Gasteiger partial charge < -0.3 is 4.74 Å². The van der Waals surface area contributed by atoms with E-state index < -0.39 is 5.97 Å². The van der Waals surface area contributed by atoms with Crippen LogP contribution in [0.1, 0.15) is 16.8 Å². The Hall–Kier alpha value is -2.95. The van der Waals surface area contributed by atoms with E-state index in [4.69, 9.17) is 4.74 Å². The molecule has 5 nitrogen and oxygen atoms in total. The lowest BCUT2D eigenvalue weighted by Gasteiger charge is -2.07. The molecule has 1 aromatic heterocycles. The lowest BCUT2D eigenvalue weighted by Crippen LogP contribution is -2.16. The van der Waals surface area contributed by atoms with E-state index in [1.807, 2.05) is 32.0 Å². The average Bonchev–Trinajstić information content (AvgIpc) is 2.54. The van der Waals surface area contributed by atoms with Gasteiger partial charge in [-0.2, -0.15) is 5.10 Å². The number of hydrogen-bond donors (Lipinski definition) is 1. The SMILES string of the molecule is Cc1ccc(OC(=O)Cc2n[nH]c(=O)c3ccccc23)cc1C. The summed E-state index contributed by atoms with van der Waals surface area (Å²) in [5, 5.41) is 7.57. The quantitative estimate of drug-likeness (QED) is 0.596. The first-order chi connectivity index (χ1) is 11.0. The van der Waals surface area contributed by atoms with E-state index in [0.29, 0.717) is 22.2 Å². The molecule has 0 bridgehead atoms. The number of carbonyl (C=O) groups excluding carboxylic acids is 1. The molecule has 23 heavy (non-hydrogen) atoms. The van der Waals surface area contributed by atoms with Crippen molar-refractivity contribution in [1.82, 2.24) is 10.2 Å². The summed E-state index contributed by atoms with van der Waals surface area (Å²) < 4.78 is 5.36. The summed E-state index contributed by atoms with van der Waals surface area (Å²) in [4.78, 5) is 23.9. The third-order valence-corrected chi connectivity index (χ3v) is 3.80. The van der Waals surface area contributed by atoms with Crippen molar-refractivity contribution >= 4 is 16.7 Å². The standard InChI is InChI=1S/C18H16N2O3/c1-11-7-8-13(9-12(11)2)23-17(21)10-16-14-5-3-4-6-15(14)18(22)20-19-16/h3-9H,10H2,1-2H3,(H,20,22). The number of hydrogen-bond acceptors (Lipinski definition) is 4. The van der Waals surface area contributed by atoms with Crippen LogP contribution in [0.2, 0.25) is 0 Å². The average molecular weight is 308 g/mol. The Morgan fingerprint density at radius 3 is 2.57 bits per heavy atom. The van der Waals surface area contributed by atoms with E-state index >= 15 is 0 Å². The highest BCUT2D eigenvalue weighted by Crippen LogP contribution is 2.18. The Labute approximate surface area is 132 Å². The maximum absolute atomic E-state index is 12.2. The smallest absolute Gasteiger partial charge is 0.317 e. The van der Waals surface area contributed by atoms with E-state index in [1.54, 1.807) is 24.3 Å². The number of benzene rings is 2. The van der Waals surface area contributed by atoms with Gasteiger partial charge in [-0.25, -0.2) is 5.10 Å². The first-order valence-corrected chi connectivity index (χ1v) is 7.29. The molecule has 0 saturated carbocycles. The van der Waals surface area contributed by atoms with Gasteiger partial charge in [0.25, 0.3) is 5.56 Å². The van der Waals surface area contributed by atoms with Gasteiger partial charge in [-0.05, 0) is 43.2 Å². The summed E-state index contributed by atoms with van der Waals surface area (Å²) in [6, 6.07) is 12.6. The second kappa shape index (κ2) is 6.04. The van der Waals surface area contributed by atoms with Gasteiger partial charge in [-0.1, -0.05) is 24.3 Å². The van der Waals surface area contributed by atoms with E-state index in [2.05, 4.69) is 10.2 Å². The molecule has 3 rings (SSSR count). The van der Waals surface area contributed by atoms with Crippen molar-refractivity contribution < 1.29 is 9.53 Å². The maximum atomic E-state index is 12.2. The van der Waals surface area contributed by atoms with E-state index in [0.717, 1.165) is 11.1 Å². The fourth-order valence-corrected chi connectivity index (χ4v) is 2.39. The third-order valence-electron chi connectivity index (χ3n) is 3.80. The van der Waals surface area contributed by atoms with Crippen LogP contribution in [0.3, 0.4) is 0 Å². The van der Waals surface area contributed by atoms with Gasteiger partial charge in [0, 0.05) is 5.39 Å². The first-order valence-electron chi connectivity index (χ1n) is 7.29. The van der Waals surface area contributed by atoms with Crippen LogP contribution < -0.4 is 10.3 Å². The molecule has 0 spiro atoms. The Morgan fingerprint density at radius 1 is 1.09 bits per heavy atom. The van der Waals surface area contributed by atoms with Gasteiger partial charge in [0.2, 0.25) is 0 Å².